The molecule has 0 unspecified atom stereocenters. The van der Waals surface area contributed by atoms with E-state index in [0.717, 1.165) is 3.57 Å². The van der Waals surface area contributed by atoms with Crippen molar-refractivity contribution in [2.75, 3.05) is 5.73 Å². The molecule has 5 nitrogen and oxygen atoms in total. The fourth-order valence-electron chi connectivity index (χ4n) is 1.76. The molecule has 3 N–H and O–H groups in total. The summed E-state index contributed by atoms with van der Waals surface area (Å²) < 4.78 is 7.45. The molecule has 0 bridgehead atoms. The number of nitrogen functional groups attached to an aromatic ring is 1. The molecule has 0 fully saturated rings. The highest BCUT2D eigenvalue weighted by Crippen LogP contribution is 2.32. The smallest absolute Gasteiger partial charge is 0.348 e. The van der Waals surface area contributed by atoms with E-state index >= 15 is 0 Å². The Hall–Kier alpha value is 0.150. The molecule has 0 saturated heterocycles. The van der Waals surface area contributed by atoms with Crippen LogP contribution in [0.3, 0.4) is 0 Å². The molecule has 0 aliphatic carbocycles. The van der Waals surface area contributed by atoms with Crippen LogP contribution >= 0.6 is 67.8 Å². The number of esters is 1. The van der Waals surface area contributed by atoms with E-state index in [-0.39, 0.29) is 12.8 Å². The Morgan fingerprint density at radius 3 is 2.19 bits per heavy atom. The van der Waals surface area contributed by atoms with Gasteiger partial charge in [-0.1, -0.05) is 13.8 Å². The second-order valence-electron chi connectivity index (χ2n) is 4.34. The van der Waals surface area contributed by atoms with Gasteiger partial charge in [0, 0.05) is 7.14 Å². The van der Waals surface area contributed by atoms with Crippen molar-refractivity contribution in [3.05, 3.63) is 22.3 Å². The van der Waals surface area contributed by atoms with Crippen molar-refractivity contribution in [2.45, 2.75) is 32.3 Å². The average Bonchev–Trinajstić information content (AvgIpc) is 2.42. The van der Waals surface area contributed by atoms with Crippen molar-refractivity contribution >= 4 is 85.4 Å². The van der Waals surface area contributed by atoms with Crippen LogP contribution in [0.4, 0.5) is 5.69 Å². The van der Waals surface area contributed by atoms with E-state index in [9.17, 15) is 14.7 Å². The summed E-state index contributed by atoms with van der Waals surface area (Å²) in [7, 11) is 0. The van der Waals surface area contributed by atoms with Crippen molar-refractivity contribution in [1.29, 1.82) is 0 Å². The molecule has 0 amide bonds. The molecular weight excluding hydrogens is 615 g/mol. The number of carbonyl (C=O) groups is 2. The van der Waals surface area contributed by atoms with Gasteiger partial charge < -0.3 is 15.6 Å². The Bertz CT molecular complexity index is 585. The van der Waals surface area contributed by atoms with Crippen molar-refractivity contribution < 1.29 is 19.4 Å². The Morgan fingerprint density at radius 2 is 1.76 bits per heavy atom. The predicted octanol–water partition coefficient (Wildman–Crippen LogP) is 3.88. The van der Waals surface area contributed by atoms with Gasteiger partial charge in [0.1, 0.15) is 0 Å². The molecule has 1 rings (SSSR count). The van der Waals surface area contributed by atoms with Gasteiger partial charge in [0.25, 0.3) is 0 Å². The number of anilines is 1. The maximum atomic E-state index is 12.4. The van der Waals surface area contributed by atoms with Crippen LogP contribution < -0.4 is 5.73 Å². The van der Waals surface area contributed by atoms with Gasteiger partial charge in [0.2, 0.25) is 5.60 Å². The number of aliphatic carboxylic acids is 1. The largest absolute Gasteiger partial charge is 0.478 e. The van der Waals surface area contributed by atoms with E-state index in [4.69, 9.17) is 10.5 Å². The van der Waals surface area contributed by atoms with E-state index in [1.54, 1.807) is 19.9 Å². The number of hydrogen-bond acceptors (Lipinski definition) is 4. The van der Waals surface area contributed by atoms with Gasteiger partial charge in [-0.3, -0.25) is 0 Å². The lowest BCUT2D eigenvalue weighted by atomic mass is 9.97. The SMILES string of the molecule is CCC(CC)(OC(=O)c1c(I)cc(I)c(N)c1I)C(=O)O. The summed E-state index contributed by atoms with van der Waals surface area (Å²) in [6.45, 7) is 3.37. The monoisotopic (exact) mass is 629 g/mol. The van der Waals surface area contributed by atoms with Crippen LogP contribution in [0.5, 0.6) is 0 Å². The first-order valence-electron chi connectivity index (χ1n) is 6.09. The summed E-state index contributed by atoms with van der Waals surface area (Å²) in [4.78, 5) is 23.9. The van der Waals surface area contributed by atoms with E-state index in [2.05, 4.69) is 22.6 Å². The van der Waals surface area contributed by atoms with Crippen molar-refractivity contribution in [3.63, 3.8) is 0 Å². The predicted molar refractivity (Wildman–Crippen MR) is 105 cm³/mol. The van der Waals surface area contributed by atoms with Gasteiger partial charge in [0.15, 0.2) is 0 Å². The lowest BCUT2D eigenvalue weighted by molar-refractivity contribution is -0.160. The minimum absolute atomic E-state index is 0.206. The molecule has 21 heavy (non-hydrogen) atoms. The van der Waals surface area contributed by atoms with Crippen LogP contribution in [0.25, 0.3) is 0 Å². The minimum Gasteiger partial charge on any atom is -0.478 e. The number of ether oxygens (including phenoxy) is 1. The molecule has 1 aromatic rings. The second-order valence-corrected chi connectivity index (χ2v) is 7.74. The normalized spacial score (nSPS) is 11.3. The maximum Gasteiger partial charge on any atom is 0.348 e. The summed E-state index contributed by atoms with van der Waals surface area (Å²) >= 11 is 6.09. The highest BCUT2D eigenvalue weighted by molar-refractivity contribution is 14.1. The summed E-state index contributed by atoms with van der Waals surface area (Å²) in [5, 5.41) is 9.35. The molecule has 0 saturated carbocycles. The molecule has 0 spiro atoms. The molecule has 0 radical (unpaired) electrons. The standard InChI is InChI=1S/C13H14I3NO4/c1-3-13(4-2,12(19)20)21-11(18)8-6(14)5-7(15)10(17)9(8)16/h5H,3-4,17H2,1-2H3,(H,19,20). The van der Waals surface area contributed by atoms with E-state index < -0.39 is 17.5 Å². The summed E-state index contributed by atoms with van der Waals surface area (Å²) in [6, 6.07) is 1.77. The topological polar surface area (TPSA) is 89.6 Å². The Morgan fingerprint density at radius 1 is 1.24 bits per heavy atom. The third-order valence-electron chi connectivity index (χ3n) is 3.23. The zero-order chi connectivity index (χ0) is 16.4. The summed E-state index contributed by atoms with van der Waals surface area (Å²) in [5.41, 5.74) is 5.26. The maximum absolute atomic E-state index is 12.4. The number of carboxylic acids is 1. The van der Waals surface area contributed by atoms with Gasteiger partial charge >= 0.3 is 11.9 Å². The molecule has 0 aromatic heterocycles. The minimum atomic E-state index is -1.50. The fraction of sp³-hybridized carbons (Fsp3) is 0.385. The van der Waals surface area contributed by atoms with Gasteiger partial charge in [-0.05, 0) is 86.7 Å². The van der Waals surface area contributed by atoms with Gasteiger partial charge in [-0.2, -0.15) is 0 Å². The first-order chi connectivity index (χ1) is 9.70. The molecule has 0 atom stereocenters. The number of carbonyl (C=O) groups excluding carboxylic acids is 1. The van der Waals surface area contributed by atoms with Crippen molar-refractivity contribution in [1.82, 2.24) is 0 Å². The van der Waals surface area contributed by atoms with Crippen LogP contribution in [0.2, 0.25) is 0 Å². The number of carboxylic acid groups (broad SMARTS) is 1. The number of benzene rings is 1. The van der Waals surface area contributed by atoms with Crippen LogP contribution in [0.15, 0.2) is 6.07 Å². The van der Waals surface area contributed by atoms with Crippen molar-refractivity contribution in [3.8, 4) is 0 Å². The molecule has 0 heterocycles. The van der Waals surface area contributed by atoms with E-state index in [1.165, 1.54) is 0 Å². The first-order valence-corrected chi connectivity index (χ1v) is 9.33. The quantitative estimate of drug-likeness (QED) is 0.294. The fourth-order valence-corrected chi connectivity index (χ4v) is 5.57. The highest BCUT2D eigenvalue weighted by atomic mass is 127. The Kier molecular flexibility index (Phi) is 6.96. The van der Waals surface area contributed by atoms with Crippen LogP contribution in [-0.2, 0) is 9.53 Å². The molecule has 1 aromatic carbocycles. The average molecular weight is 629 g/mol. The highest BCUT2D eigenvalue weighted by Gasteiger charge is 2.40. The number of rotatable bonds is 5. The molecule has 0 aliphatic heterocycles. The lowest BCUT2D eigenvalue weighted by Gasteiger charge is -2.27. The van der Waals surface area contributed by atoms with Gasteiger partial charge in [-0.15, -0.1) is 0 Å². The summed E-state index contributed by atoms with van der Waals surface area (Å²) in [5.74, 6) is -1.79. The zero-order valence-electron chi connectivity index (χ0n) is 11.4. The van der Waals surface area contributed by atoms with Gasteiger partial charge in [-0.25, -0.2) is 9.59 Å². The first kappa shape index (κ1) is 19.2. The summed E-state index contributed by atoms with van der Waals surface area (Å²) in [6.07, 6.45) is 0.412. The number of halogens is 3. The van der Waals surface area contributed by atoms with Crippen LogP contribution in [0.1, 0.15) is 37.0 Å². The van der Waals surface area contributed by atoms with Crippen molar-refractivity contribution in [2.24, 2.45) is 0 Å². The molecule has 116 valence electrons. The third-order valence-corrected chi connectivity index (χ3v) is 6.09. The van der Waals surface area contributed by atoms with Gasteiger partial charge in [0.05, 0.1) is 14.8 Å². The van der Waals surface area contributed by atoms with E-state index in [0.29, 0.717) is 18.4 Å². The Balaban J connectivity index is 3.28. The molecular formula is C13H14I3NO4. The zero-order valence-corrected chi connectivity index (χ0v) is 17.8. The third kappa shape index (κ3) is 3.92. The van der Waals surface area contributed by atoms with Crippen LogP contribution in [-0.4, -0.2) is 22.6 Å². The second kappa shape index (κ2) is 7.62. The molecule has 8 heteroatoms. The lowest BCUT2D eigenvalue weighted by Crippen LogP contribution is -2.42. The number of nitrogens with two attached hydrogens (primary N) is 1. The van der Waals surface area contributed by atoms with Crippen LogP contribution in [0, 0.1) is 10.7 Å². The molecule has 0 aliphatic rings. The van der Waals surface area contributed by atoms with E-state index in [1.807, 2.05) is 45.2 Å². The number of hydrogen-bond donors (Lipinski definition) is 2. The Labute approximate surface area is 163 Å².